The highest BCUT2D eigenvalue weighted by molar-refractivity contribution is 6.31. The first-order valence-corrected chi connectivity index (χ1v) is 6.78. The molecule has 1 heterocycles. The van der Waals surface area contributed by atoms with E-state index in [4.69, 9.17) is 16.3 Å². The first kappa shape index (κ1) is 13.8. The molecule has 0 bridgehead atoms. The summed E-state index contributed by atoms with van der Waals surface area (Å²) in [6, 6.07) is 7.64. The number of aryl methyl sites for hydroxylation is 1. The predicted molar refractivity (Wildman–Crippen MR) is 77.6 cm³/mol. The molecule has 0 aliphatic heterocycles. The Labute approximate surface area is 118 Å². The van der Waals surface area contributed by atoms with Crippen molar-refractivity contribution in [3.05, 3.63) is 41.3 Å². The van der Waals surface area contributed by atoms with Gasteiger partial charge in [0.05, 0.1) is 12.8 Å². The van der Waals surface area contributed by atoms with Gasteiger partial charge < -0.3 is 4.74 Å². The maximum atomic E-state index is 6.21. The Kier molecular flexibility index (Phi) is 4.74. The second kappa shape index (κ2) is 6.53. The normalized spacial score (nSPS) is 10.5. The molecule has 0 saturated heterocycles. The topological polar surface area (TPSA) is 35.0 Å². The number of benzene rings is 1. The van der Waals surface area contributed by atoms with Gasteiger partial charge >= 0.3 is 0 Å². The lowest BCUT2D eigenvalue weighted by Gasteiger charge is -2.06. The van der Waals surface area contributed by atoms with Crippen LogP contribution >= 0.6 is 11.6 Å². The minimum atomic E-state index is 0.457. The maximum absolute atomic E-state index is 6.21. The molecule has 2 rings (SSSR count). The molecule has 0 N–H and O–H groups in total. The highest BCUT2D eigenvalue weighted by Gasteiger charge is 2.08. The molecule has 0 amide bonds. The number of nitrogens with zero attached hydrogens (tertiary/aromatic N) is 2. The fraction of sp³-hybridized carbons (Fsp3) is 0.333. The van der Waals surface area contributed by atoms with E-state index < -0.39 is 0 Å². The van der Waals surface area contributed by atoms with Crippen molar-refractivity contribution in [1.82, 2.24) is 9.97 Å². The van der Waals surface area contributed by atoms with Crippen LogP contribution < -0.4 is 4.74 Å². The Morgan fingerprint density at radius 3 is 2.53 bits per heavy atom. The lowest BCUT2D eigenvalue weighted by atomic mass is 10.1. The van der Waals surface area contributed by atoms with Gasteiger partial charge in [0.1, 0.15) is 11.4 Å². The van der Waals surface area contributed by atoms with Gasteiger partial charge in [0.25, 0.3) is 0 Å². The summed E-state index contributed by atoms with van der Waals surface area (Å²) in [5.41, 5.74) is 2.61. The van der Waals surface area contributed by atoms with Crippen molar-refractivity contribution in [1.29, 1.82) is 0 Å². The summed E-state index contributed by atoms with van der Waals surface area (Å²) in [6.45, 7) is 2.15. The van der Waals surface area contributed by atoms with Crippen LogP contribution in [0.25, 0.3) is 11.3 Å². The van der Waals surface area contributed by atoms with Gasteiger partial charge in [0.15, 0.2) is 5.15 Å². The standard InChI is InChI=1S/C15H17ClN2O/c1-3-4-5-12-10-17-14(15(16)18-12)11-6-8-13(19-2)9-7-11/h6-10H,3-5H2,1-2H3. The number of methoxy groups -OCH3 is 1. The third kappa shape index (κ3) is 3.44. The quantitative estimate of drug-likeness (QED) is 0.823. The van der Waals surface area contributed by atoms with Gasteiger partial charge in [-0.15, -0.1) is 0 Å². The van der Waals surface area contributed by atoms with Gasteiger partial charge in [-0.25, -0.2) is 4.98 Å². The van der Waals surface area contributed by atoms with E-state index in [-0.39, 0.29) is 0 Å². The van der Waals surface area contributed by atoms with Crippen LogP contribution in [0, 0.1) is 0 Å². The van der Waals surface area contributed by atoms with Crippen molar-refractivity contribution in [3.8, 4) is 17.0 Å². The molecule has 2 aromatic rings. The first-order valence-electron chi connectivity index (χ1n) is 6.40. The Morgan fingerprint density at radius 1 is 1.21 bits per heavy atom. The molecule has 100 valence electrons. The average Bonchev–Trinajstić information content (AvgIpc) is 2.45. The number of hydrogen-bond donors (Lipinski definition) is 0. The smallest absolute Gasteiger partial charge is 0.155 e. The number of aromatic nitrogens is 2. The van der Waals surface area contributed by atoms with Gasteiger partial charge in [0.2, 0.25) is 0 Å². The zero-order valence-electron chi connectivity index (χ0n) is 11.2. The van der Waals surface area contributed by atoms with Crippen LogP contribution in [0.5, 0.6) is 5.75 Å². The van der Waals surface area contributed by atoms with Crippen LogP contribution in [0.1, 0.15) is 25.5 Å². The fourth-order valence-electron chi connectivity index (χ4n) is 1.82. The van der Waals surface area contributed by atoms with Crippen molar-refractivity contribution < 1.29 is 4.74 Å². The summed E-state index contributed by atoms with van der Waals surface area (Å²) in [5.74, 6) is 0.812. The molecule has 0 saturated carbocycles. The second-order valence-electron chi connectivity index (χ2n) is 4.33. The molecule has 1 aromatic carbocycles. The summed E-state index contributed by atoms with van der Waals surface area (Å²) in [5, 5.41) is 0.457. The van der Waals surface area contributed by atoms with E-state index in [1.54, 1.807) is 13.3 Å². The van der Waals surface area contributed by atoms with E-state index in [0.717, 1.165) is 36.3 Å². The van der Waals surface area contributed by atoms with Gasteiger partial charge in [-0.1, -0.05) is 24.9 Å². The van der Waals surface area contributed by atoms with Crippen molar-refractivity contribution in [3.63, 3.8) is 0 Å². The first-order chi connectivity index (χ1) is 9.24. The summed E-state index contributed by atoms with van der Waals surface area (Å²) in [7, 11) is 1.64. The molecule has 0 radical (unpaired) electrons. The molecule has 1 aromatic heterocycles. The highest BCUT2D eigenvalue weighted by atomic mass is 35.5. The summed E-state index contributed by atoms with van der Waals surface area (Å²) in [4.78, 5) is 8.82. The Balaban J connectivity index is 2.24. The lowest BCUT2D eigenvalue weighted by molar-refractivity contribution is 0.415. The average molecular weight is 277 g/mol. The second-order valence-corrected chi connectivity index (χ2v) is 4.69. The Morgan fingerprint density at radius 2 is 1.95 bits per heavy atom. The van der Waals surface area contributed by atoms with E-state index in [9.17, 15) is 0 Å². The molecule has 4 heteroatoms. The summed E-state index contributed by atoms with van der Waals surface area (Å²) in [6.07, 6.45) is 4.97. The van der Waals surface area contributed by atoms with Gasteiger partial charge in [-0.05, 0) is 37.1 Å². The zero-order chi connectivity index (χ0) is 13.7. The van der Waals surface area contributed by atoms with Gasteiger partial charge in [-0.2, -0.15) is 0 Å². The third-order valence-corrected chi connectivity index (χ3v) is 3.19. The monoisotopic (exact) mass is 276 g/mol. The SMILES string of the molecule is CCCCc1cnc(-c2ccc(OC)cc2)c(Cl)n1. The minimum Gasteiger partial charge on any atom is -0.497 e. The molecule has 0 aliphatic rings. The Bertz CT molecular complexity index is 540. The molecule has 0 aliphatic carbocycles. The number of unbranched alkanes of at least 4 members (excludes halogenated alkanes) is 1. The minimum absolute atomic E-state index is 0.457. The summed E-state index contributed by atoms with van der Waals surface area (Å²) < 4.78 is 5.13. The van der Waals surface area contributed by atoms with Crippen LogP contribution in [-0.2, 0) is 6.42 Å². The van der Waals surface area contributed by atoms with Gasteiger partial charge in [-0.3, -0.25) is 4.98 Å². The molecule has 0 spiro atoms. The lowest BCUT2D eigenvalue weighted by Crippen LogP contribution is -1.95. The number of rotatable bonds is 5. The molecule has 0 atom stereocenters. The van der Waals surface area contributed by atoms with Crippen LogP contribution in [-0.4, -0.2) is 17.1 Å². The third-order valence-electron chi connectivity index (χ3n) is 2.93. The van der Waals surface area contributed by atoms with Crippen molar-refractivity contribution in [2.45, 2.75) is 26.2 Å². The van der Waals surface area contributed by atoms with Crippen LogP contribution in [0.2, 0.25) is 5.15 Å². The largest absolute Gasteiger partial charge is 0.497 e. The van der Waals surface area contributed by atoms with Crippen molar-refractivity contribution >= 4 is 11.6 Å². The van der Waals surface area contributed by atoms with Crippen molar-refractivity contribution in [2.75, 3.05) is 7.11 Å². The number of hydrogen-bond acceptors (Lipinski definition) is 3. The van der Waals surface area contributed by atoms with Crippen molar-refractivity contribution in [2.24, 2.45) is 0 Å². The molecule has 0 unspecified atom stereocenters. The predicted octanol–water partition coefficient (Wildman–Crippen LogP) is 4.15. The fourth-order valence-corrected chi connectivity index (χ4v) is 2.09. The summed E-state index contributed by atoms with van der Waals surface area (Å²) >= 11 is 6.21. The van der Waals surface area contributed by atoms with E-state index >= 15 is 0 Å². The number of ether oxygens (including phenoxy) is 1. The molecular formula is C15H17ClN2O. The van der Waals surface area contributed by atoms with E-state index in [2.05, 4.69) is 16.9 Å². The Hall–Kier alpha value is -1.61. The maximum Gasteiger partial charge on any atom is 0.155 e. The van der Waals surface area contributed by atoms with Crippen LogP contribution in [0.3, 0.4) is 0 Å². The van der Waals surface area contributed by atoms with E-state index in [0.29, 0.717) is 10.8 Å². The van der Waals surface area contributed by atoms with E-state index in [1.165, 1.54) is 0 Å². The molecule has 3 nitrogen and oxygen atoms in total. The molecular weight excluding hydrogens is 260 g/mol. The van der Waals surface area contributed by atoms with Gasteiger partial charge in [0, 0.05) is 11.8 Å². The van der Waals surface area contributed by atoms with E-state index in [1.807, 2.05) is 24.3 Å². The zero-order valence-corrected chi connectivity index (χ0v) is 11.9. The molecule has 0 fully saturated rings. The highest BCUT2D eigenvalue weighted by Crippen LogP contribution is 2.26. The van der Waals surface area contributed by atoms with Crippen LogP contribution in [0.4, 0.5) is 0 Å². The molecule has 19 heavy (non-hydrogen) atoms. The number of halogens is 1. The van der Waals surface area contributed by atoms with Crippen LogP contribution in [0.15, 0.2) is 30.5 Å².